The van der Waals surface area contributed by atoms with E-state index in [4.69, 9.17) is 0 Å². The zero-order valence-electron chi connectivity index (χ0n) is 12.1. The molecule has 0 aliphatic heterocycles. The first kappa shape index (κ1) is 17.0. The molecule has 0 atom stereocenters. The van der Waals surface area contributed by atoms with Gasteiger partial charge < -0.3 is 10.6 Å². The second-order valence-electron chi connectivity index (χ2n) is 4.94. The molecule has 0 fully saturated rings. The molecule has 0 heterocycles. The highest BCUT2D eigenvalue weighted by molar-refractivity contribution is 9.10. The summed E-state index contributed by atoms with van der Waals surface area (Å²) in [4.78, 5) is 11.7. The lowest BCUT2D eigenvalue weighted by Crippen LogP contribution is -2.37. The third-order valence-corrected chi connectivity index (χ3v) is 4.16. The Balaban J connectivity index is 1.64. The number of halogens is 2. The van der Waals surface area contributed by atoms with Crippen molar-refractivity contribution in [1.82, 2.24) is 10.6 Å². The van der Waals surface area contributed by atoms with E-state index in [0.29, 0.717) is 13.1 Å². The molecular weight excluding hydrogens is 408 g/mol. The topological polar surface area (TPSA) is 41.1 Å². The van der Waals surface area contributed by atoms with E-state index in [1.807, 2.05) is 24.3 Å². The van der Waals surface area contributed by atoms with Crippen LogP contribution in [-0.2, 0) is 12.8 Å². The van der Waals surface area contributed by atoms with Crippen LogP contribution in [-0.4, -0.2) is 19.1 Å². The van der Waals surface area contributed by atoms with Gasteiger partial charge in [0.25, 0.3) is 0 Å². The van der Waals surface area contributed by atoms with E-state index in [-0.39, 0.29) is 6.03 Å². The lowest BCUT2D eigenvalue weighted by molar-refractivity contribution is 0.241. The third-order valence-electron chi connectivity index (χ3n) is 3.18. The van der Waals surface area contributed by atoms with Crippen molar-refractivity contribution in [3.63, 3.8) is 0 Å². The van der Waals surface area contributed by atoms with Gasteiger partial charge in [0.2, 0.25) is 0 Å². The van der Waals surface area contributed by atoms with Gasteiger partial charge in [-0.3, -0.25) is 0 Å². The lowest BCUT2D eigenvalue weighted by atomic mass is 10.1. The molecule has 2 N–H and O–H groups in total. The van der Waals surface area contributed by atoms with Crippen molar-refractivity contribution in [2.24, 2.45) is 0 Å². The van der Waals surface area contributed by atoms with Crippen molar-refractivity contribution >= 4 is 37.9 Å². The summed E-state index contributed by atoms with van der Waals surface area (Å²) in [6.45, 7) is 1.25. The van der Waals surface area contributed by atoms with Crippen molar-refractivity contribution in [1.29, 1.82) is 0 Å². The molecule has 0 saturated heterocycles. The average molecular weight is 426 g/mol. The molecule has 22 heavy (non-hydrogen) atoms. The highest BCUT2D eigenvalue weighted by Crippen LogP contribution is 2.12. The minimum absolute atomic E-state index is 0.120. The number of nitrogens with one attached hydrogen (secondary N) is 2. The highest BCUT2D eigenvalue weighted by atomic mass is 79.9. The Morgan fingerprint density at radius 1 is 0.818 bits per heavy atom. The SMILES string of the molecule is O=C(NCCc1cccc(Br)c1)NCCc1cccc(Br)c1. The fourth-order valence-electron chi connectivity index (χ4n) is 2.09. The Morgan fingerprint density at radius 3 is 1.68 bits per heavy atom. The number of urea groups is 1. The van der Waals surface area contributed by atoms with E-state index >= 15 is 0 Å². The van der Waals surface area contributed by atoms with Crippen molar-refractivity contribution in [2.45, 2.75) is 12.8 Å². The van der Waals surface area contributed by atoms with E-state index in [1.54, 1.807) is 0 Å². The number of carbonyl (C=O) groups is 1. The van der Waals surface area contributed by atoms with Gasteiger partial charge in [-0.05, 0) is 48.2 Å². The van der Waals surface area contributed by atoms with Crippen molar-refractivity contribution < 1.29 is 4.79 Å². The third kappa shape index (κ3) is 6.20. The predicted molar refractivity (Wildman–Crippen MR) is 97.1 cm³/mol. The van der Waals surface area contributed by atoms with E-state index in [1.165, 1.54) is 11.1 Å². The molecule has 2 aromatic rings. The summed E-state index contributed by atoms with van der Waals surface area (Å²) < 4.78 is 2.12. The number of carbonyl (C=O) groups excluding carboxylic acids is 1. The van der Waals surface area contributed by atoms with Crippen LogP contribution in [0.1, 0.15) is 11.1 Å². The van der Waals surface area contributed by atoms with Crippen molar-refractivity contribution in [3.05, 3.63) is 68.6 Å². The predicted octanol–water partition coefficient (Wildman–Crippen LogP) is 4.30. The van der Waals surface area contributed by atoms with Crippen LogP contribution in [0.2, 0.25) is 0 Å². The number of benzene rings is 2. The maximum Gasteiger partial charge on any atom is 0.314 e. The molecule has 0 aromatic heterocycles. The lowest BCUT2D eigenvalue weighted by Gasteiger charge is -2.08. The molecule has 0 aliphatic carbocycles. The highest BCUT2D eigenvalue weighted by Gasteiger charge is 2.01. The molecule has 2 amide bonds. The molecule has 5 heteroatoms. The molecule has 0 bridgehead atoms. The van der Waals surface area contributed by atoms with E-state index in [2.05, 4.69) is 66.8 Å². The van der Waals surface area contributed by atoms with Crippen LogP contribution in [0.5, 0.6) is 0 Å². The van der Waals surface area contributed by atoms with Crippen LogP contribution < -0.4 is 10.6 Å². The summed E-state index contributed by atoms with van der Waals surface area (Å²) in [5.41, 5.74) is 2.40. The van der Waals surface area contributed by atoms with Crippen LogP contribution in [0.25, 0.3) is 0 Å². The molecule has 0 unspecified atom stereocenters. The molecule has 0 saturated carbocycles. The van der Waals surface area contributed by atoms with Gasteiger partial charge in [-0.2, -0.15) is 0 Å². The first-order valence-corrected chi connectivity index (χ1v) is 8.73. The zero-order chi connectivity index (χ0) is 15.8. The summed E-state index contributed by atoms with van der Waals surface area (Å²) >= 11 is 6.88. The Hall–Kier alpha value is -1.33. The fraction of sp³-hybridized carbons (Fsp3) is 0.235. The van der Waals surface area contributed by atoms with Gasteiger partial charge in [-0.15, -0.1) is 0 Å². The number of rotatable bonds is 6. The zero-order valence-corrected chi connectivity index (χ0v) is 15.3. The van der Waals surface area contributed by atoms with E-state index in [9.17, 15) is 4.79 Å². The average Bonchev–Trinajstić information content (AvgIpc) is 2.47. The Kier molecular flexibility index (Phi) is 6.93. The van der Waals surface area contributed by atoms with Crippen molar-refractivity contribution in [2.75, 3.05) is 13.1 Å². The summed E-state index contributed by atoms with van der Waals surface area (Å²) in [6.07, 6.45) is 1.64. The summed E-state index contributed by atoms with van der Waals surface area (Å²) in [5.74, 6) is 0. The van der Waals surface area contributed by atoms with Crippen molar-refractivity contribution in [3.8, 4) is 0 Å². The smallest absolute Gasteiger partial charge is 0.314 e. The Labute approximate surface area is 147 Å². The van der Waals surface area contributed by atoms with Gasteiger partial charge in [0.05, 0.1) is 0 Å². The maximum atomic E-state index is 11.7. The second kappa shape index (κ2) is 8.96. The van der Waals surface area contributed by atoms with Gasteiger partial charge in [0.15, 0.2) is 0 Å². The molecule has 2 aromatic carbocycles. The Morgan fingerprint density at radius 2 is 1.27 bits per heavy atom. The molecular formula is C17H18Br2N2O. The monoisotopic (exact) mass is 424 g/mol. The van der Waals surface area contributed by atoms with E-state index < -0.39 is 0 Å². The molecule has 0 spiro atoms. The first-order valence-electron chi connectivity index (χ1n) is 7.14. The van der Waals surface area contributed by atoms with Crippen LogP contribution in [0.15, 0.2) is 57.5 Å². The minimum atomic E-state index is -0.120. The number of hydrogen-bond acceptors (Lipinski definition) is 1. The molecule has 116 valence electrons. The van der Waals surface area contributed by atoms with Gasteiger partial charge in [0, 0.05) is 22.0 Å². The molecule has 0 radical (unpaired) electrons. The summed E-state index contributed by atoms with van der Waals surface area (Å²) in [5, 5.41) is 5.75. The van der Waals surface area contributed by atoms with Gasteiger partial charge in [-0.1, -0.05) is 56.1 Å². The summed E-state index contributed by atoms with van der Waals surface area (Å²) in [7, 11) is 0. The van der Waals surface area contributed by atoms with Crippen LogP contribution in [0.3, 0.4) is 0 Å². The van der Waals surface area contributed by atoms with Crippen LogP contribution in [0.4, 0.5) is 4.79 Å². The normalized spacial score (nSPS) is 10.3. The van der Waals surface area contributed by atoms with Crippen LogP contribution >= 0.6 is 31.9 Å². The van der Waals surface area contributed by atoms with Gasteiger partial charge in [-0.25, -0.2) is 4.79 Å². The maximum absolute atomic E-state index is 11.7. The fourth-order valence-corrected chi connectivity index (χ4v) is 2.98. The van der Waals surface area contributed by atoms with Crippen LogP contribution in [0, 0.1) is 0 Å². The second-order valence-corrected chi connectivity index (χ2v) is 6.77. The molecule has 2 rings (SSSR count). The van der Waals surface area contributed by atoms with Gasteiger partial charge in [0.1, 0.15) is 0 Å². The molecule has 0 aliphatic rings. The van der Waals surface area contributed by atoms with Gasteiger partial charge >= 0.3 is 6.03 Å². The molecule has 3 nitrogen and oxygen atoms in total. The van der Waals surface area contributed by atoms with E-state index in [0.717, 1.165) is 21.8 Å². The quantitative estimate of drug-likeness (QED) is 0.711. The number of amides is 2. The number of hydrogen-bond donors (Lipinski definition) is 2. The minimum Gasteiger partial charge on any atom is -0.338 e. The standard InChI is InChI=1S/C17H18Br2N2O/c18-15-5-1-3-13(11-15)7-9-20-17(22)21-10-8-14-4-2-6-16(19)12-14/h1-6,11-12H,7-10H2,(H2,20,21,22). The first-order chi connectivity index (χ1) is 10.6. The summed E-state index contributed by atoms with van der Waals surface area (Å²) in [6, 6.07) is 16.1. The largest absolute Gasteiger partial charge is 0.338 e. The Bertz CT molecular complexity index is 578.